The predicted octanol–water partition coefficient (Wildman–Crippen LogP) is 4.23. The number of halogens is 3. The number of hydrogen-bond acceptors (Lipinski definition) is 4. The summed E-state index contributed by atoms with van der Waals surface area (Å²) in [5, 5.41) is 10.1. The summed E-state index contributed by atoms with van der Waals surface area (Å²) in [5.41, 5.74) is 1.66. The molecule has 0 atom stereocenters. The molecule has 0 spiro atoms. The lowest BCUT2D eigenvalue weighted by Crippen LogP contribution is -2.36. The van der Waals surface area contributed by atoms with Gasteiger partial charge in [-0.3, -0.25) is 9.52 Å². The maximum absolute atomic E-state index is 12.6. The molecular weight excluding hydrogens is 473 g/mol. The standard InChI is InChI=1S/C21H26N2O3S.C2HF3O2/c1-15(2)14-22-20(24)21(12-13-21)17-8-10-18(11-9-17)23-27(25,26)19-7-5-4-6-16(19)3;3-2(4,5)1(6)7/h4-11,15,23H,12-14H2,1-3H3,(H,22,24);(H,6,7). The molecule has 1 aliphatic carbocycles. The molecular formula is C23H27F3N2O5S. The molecule has 3 rings (SSSR count). The molecule has 0 radical (unpaired) electrons. The van der Waals surface area contributed by atoms with Crippen molar-refractivity contribution in [2.75, 3.05) is 11.3 Å². The van der Waals surface area contributed by atoms with Crippen molar-refractivity contribution in [2.24, 2.45) is 5.92 Å². The molecule has 0 unspecified atom stereocenters. The first-order chi connectivity index (χ1) is 15.7. The van der Waals surface area contributed by atoms with E-state index in [2.05, 4.69) is 23.9 Å². The fourth-order valence-corrected chi connectivity index (χ4v) is 4.47. The number of carbonyl (C=O) groups is 2. The number of carboxylic acid groups (broad SMARTS) is 1. The number of alkyl halides is 3. The molecule has 7 nitrogen and oxygen atoms in total. The highest BCUT2D eigenvalue weighted by Gasteiger charge is 2.51. The van der Waals surface area contributed by atoms with Gasteiger partial charge in [0, 0.05) is 12.2 Å². The number of sulfonamides is 1. The Hall–Kier alpha value is -3.08. The number of aryl methyl sites for hydroxylation is 1. The van der Waals surface area contributed by atoms with E-state index >= 15 is 0 Å². The Morgan fingerprint density at radius 2 is 1.59 bits per heavy atom. The number of rotatable bonds is 7. The van der Waals surface area contributed by atoms with Crippen molar-refractivity contribution >= 4 is 27.6 Å². The van der Waals surface area contributed by atoms with Crippen LogP contribution in [-0.2, 0) is 25.0 Å². The molecule has 0 bridgehead atoms. The van der Waals surface area contributed by atoms with Gasteiger partial charge in [-0.25, -0.2) is 13.2 Å². The average Bonchev–Trinajstić information content (AvgIpc) is 3.54. The van der Waals surface area contributed by atoms with Crippen molar-refractivity contribution in [1.29, 1.82) is 0 Å². The topological polar surface area (TPSA) is 113 Å². The van der Waals surface area contributed by atoms with Crippen LogP contribution in [0.1, 0.15) is 37.8 Å². The van der Waals surface area contributed by atoms with Crippen molar-refractivity contribution in [3.05, 3.63) is 59.7 Å². The Balaban J connectivity index is 0.000000509. The lowest BCUT2D eigenvalue weighted by Gasteiger charge is -2.17. The first kappa shape index (κ1) is 27.2. The third-order valence-corrected chi connectivity index (χ3v) is 6.71. The van der Waals surface area contributed by atoms with E-state index in [4.69, 9.17) is 9.90 Å². The van der Waals surface area contributed by atoms with Crippen LogP contribution in [0.3, 0.4) is 0 Å². The molecule has 2 aromatic carbocycles. The minimum Gasteiger partial charge on any atom is -0.475 e. The van der Waals surface area contributed by atoms with Gasteiger partial charge in [-0.1, -0.05) is 44.2 Å². The molecule has 1 amide bonds. The second-order valence-corrected chi connectivity index (χ2v) is 10.1. The maximum atomic E-state index is 12.6. The lowest BCUT2D eigenvalue weighted by molar-refractivity contribution is -0.192. The molecule has 186 valence electrons. The van der Waals surface area contributed by atoms with E-state index in [-0.39, 0.29) is 10.8 Å². The summed E-state index contributed by atoms with van der Waals surface area (Å²) in [6.07, 6.45) is -3.43. The average molecular weight is 501 g/mol. The van der Waals surface area contributed by atoms with Gasteiger partial charge in [0.25, 0.3) is 10.0 Å². The van der Waals surface area contributed by atoms with Gasteiger partial charge in [0.05, 0.1) is 10.3 Å². The van der Waals surface area contributed by atoms with Gasteiger partial charge in [-0.15, -0.1) is 0 Å². The Labute approximate surface area is 196 Å². The van der Waals surface area contributed by atoms with Crippen LogP contribution < -0.4 is 10.0 Å². The van der Waals surface area contributed by atoms with Gasteiger partial charge in [0.15, 0.2) is 0 Å². The van der Waals surface area contributed by atoms with Gasteiger partial charge < -0.3 is 10.4 Å². The molecule has 0 saturated heterocycles. The molecule has 3 N–H and O–H groups in total. The second-order valence-electron chi connectivity index (χ2n) is 8.44. The summed E-state index contributed by atoms with van der Waals surface area (Å²) in [5.74, 6) is -2.29. The Bertz CT molecular complexity index is 1130. The third kappa shape index (κ3) is 6.96. The zero-order chi connectivity index (χ0) is 25.7. The number of nitrogens with one attached hydrogen (secondary N) is 2. The van der Waals surface area contributed by atoms with E-state index in [0.717, 1.165) is 18.4 Å². The van der Waals surface area contributed by atoms with Crippen LogP contribution >= 0.6 is 0 Å². The van der Waals surface area contributed by atoms with E-state index in [9.17, 15) is 26.4 Å². The SMILES string of the molecule is Cc1ccccc1S(=O)(=O)Nc1ccc(C2(C(=O)NCC(C)C)CC2)cc1.O=C(O)C(F)(F)F. The quantitative estimate of drug-likeness (QED) is 0.527. The minimum absolute atomic E-state index is 0.0597. The number of carboxylic acids is 1. The highest BCUT2D eigenvalue weighted by atomic mass is 32.2. The normalized spacial score (nSPS) is 14.6. The fraction of sp³-hybridized carbons (Fsp3) is 0.391. The number of benzene rings is 2. The molecule has 1 aliphatic rings. The first-order valence-corrected chi connectivity index (χ1v) is 11.9. The molecule has 0 aliphatic heterocycles. The molecule has 0 heterocycles. The predicted molar refractivity (Wildman–Crippen MR) is 121 cm³/mol. The van der Waals surface area contributed by atoms with Gasteiger partial charge >= 0.3 is 12.1 Å². The highest BCUT2D eigenvalue weighted by molar-refractivity contribution is 7.92. The smallest absolute Gasteiger partial charge is 0.475 e. The summed E-state index contributed by atoms with van der Waals surface area (Å²) >= 11 is 0. The van der Waals surface area contributed by atoms with Crippen LogP contribution in [0.4, 0.5) is 18.9 Å². The summed E-state index contributed by atoms with van der Waals surface area (Å²) in [7, 11) is -3.64. The van der Waals surface area contributed by atoms with Gasteiger partial charge in [-0.2, -0.15) is 13.2 Å². The molecule has 1 saturated carbocycles. The first-order valence-electron chi connectivity index (χ1n) is 10.5. The maximum Gasteiger partial charge on any atom is 0.490 e. The van der Waals surface area contributed by atoms with Crippen molar-refractivity contribution < 1.29 is 36.3 Å². The Morgan fingerprint density at radius 3 is 2.03 bits per heavy atom. The lowest BCUT2D eigenvalue weighted by atomic mass is 9.94. The van der Waals surface area contributed by atoms with Gasteiger partial charge in [0.1, 0.15) is 0 Å². The number of anilines is 1. The summed E-state index contributed by atoms with van der Waals surface area (Å²) in [4.78, 5) is 21.7. The molecule has 0 aromatic heterocycles. The Kier molecular flexibility index (Phi) is 8.35. The summed E-state index contributed by atoms with van der Waals surface area (Å²) in [6, 6.07) is 14.0. The minimum atomic E-state index is -5.08. The van der Waals surface area contributed by atoms with Gasteiger partial charge in [0.2, 0.25) is 5.91 Å². The number of amides is 1. The number of hydrogen-bond donors (Lipinski definition) is 3. The molecule has 2 aromatic rings. The third-order valence-electron chi connectivity index (χ3n) is 5.17. The number of carbonyl (C=O) groups excluding carboxylic acids is 1. The summed E-state index contributed by atoms with van der Waals surface area (Å²) < 4.78 is 59.5. The second kappa shape index (κ2) is 10.5. The zero-order valence-corrected chi connectivity index (χ0v) is 19.8. The van der Waals surface area contributed by atoms with E-state index in [1.165, 1.54) is 0 Å². The van der Waals surface area contributed by atoms with Crippen LogP contribution in [0.15, 0.2) is 53.4 Å². The highest BCUT2D eigenvalue weighted by Crippen LogP contribution is 2.48. The van der Waals surface area contributed by atoms with E-state index in [1.807, 2.05) is 18.2 Å². The van der Waals surface area contributed by atoms with Crippen LogP contribution in [-0.4, -0.2) is 38.1 Å². The van der Waals surface area contributed by atoms with Crippen molar-refractivity contribution in [1.82, 2.24) is 5.32 Å². The van der Waals surface area contributed by atoms with Crippen LogP contribution in [0.2, 0.25) is 0 Å². The zero-order valence-electron chi connectivity index (χ0n) is 18.9. The van der Waals surface area contributed by atoms with Crippen LogP contribution in [0.5, 0.6) is 0 Å². The monoisotopic (exact) mass is 500 g/mol. The van der Waals surface area contributed by atoms with E-state index < -0.39 is 27.6 Å². The van der Waals surface area contributed by atoms with Crippen LogP contribution in [0, 0.1) is 12.8 Å². The molecule has 11 heteroatoms. The van der Waals surface area contributed by atoms with E-state index in [0.29, 0.717) is 23.7 Å². The molecule has 34 heavy (non-hydrogen) atoms. The van der Waals surface area contributed by atoms with Gasteiger partial charge in [-0.05, 0) is 55.0 Å². The van der Waals surface area contributed by atoms with Crippen molar-refractivity contribution in [3.8, 4) is 0 Å². The number of aliphatic carboxylic acids is 1. The van der Waals surface area contributed by atoms with E-state index in [1.54, 1.807) is 37.3 Å². The van der Waals surface area contributed by atoms with Crippen molar-refractivity contribution in [3.63, 3.8) is 0 Å². The summed E-state index contributed by atoms with van der Waals surface area (Å²) in [6.45, 7) is 6.56. The Morgan fingerprint density at radius 1 is 1.06 bits per heavy atom. The van der Waals surface area contributed by atoms with Crippen LogP contribution in [0.25, 0.3) is 0 Å². The fourth-order valence-electron chi connectivity index (χ4n) is 3.16. The molecule has 1 fully saturated rings. The van der Waals surface area contributed by atoms with Crippen molar-refractivity contribution in [2.45, 2.75) is 50.1 Å². The largest absolute Gasteiger partial charge is 0.490 e.